The summed E-state index contributed by atoms with van der Waals surface area (Å²) in [6.07, 6.45) is 1.98. The molecule has 0 unspecified atom stereocenters. The number of methoxy groups -OCH3 is 1. The van der Waals surface area contributed by atoms with Crippen molar-refractivity contribution in [1.82, 2.24) is 9.38 Å². The SMILES string of the molecule is COc1ccc(CNc2c(-c3ccccc3O)nc3c(C)cccn23)cc1. The molecule has 0 aliphatic carbocycles. The monoisotopic (exact) mass is 359 g/mol. The first-order valence-corrected chi connectivity index (χ1v) is 8.80. The Hall–Kier alpha value is -3.47. The summed E-state index contributed by atoms with van der Waals surface area (Å²) in [5.41, 5.74) is 4.51. The van der Waals surface area contributed by atoms with Crippen LogP contribution in [-0.4, -0.2) is 21.6 Å². The highest BCUT2D eigenvalue weighted by Gasteiger charge is 2.17. The van der Waals surface area contributed by atoms with Gasteiger partial charge in [0.25, 0.3) is 0 Å². The van der Waals surface area contributed by atoms with Crippen molar-refractivity contribution in [2.45, 2.75) is 13.5 Å². The standard InChI is InChI=1S/C22H21N3O2/c1-15-6-5-13-25-21(15)24-20(18-7-3-4-8-19(18)26)22(25)23-14-16-9-11-17(27-2)12-10-16/h3-13,23,26H,14H2,1-2H3. The third-order valence-corrected chi connectivity index (χ3v) is 4.62. The molecule has 0 saturated heterocycles. The first-order chi connectivity index (χ1) is 13.2. The van der Waals surface area contributed by atoms with Gasteiger partial charge in [0.15, 0.2) is 0 Å². The Balaban J connectivity index is 1.76. The smallest absolute Gasteiger partial charge is 0.142 e. The maximum Gasteiger partial charge on any atom is 0.142 e. The molecule has 2 heterocycles. The van der Waals surface area contributed by atoms with Gasteiger partial charge in [0.1, 0.15) is 28.7 Å². The molecule has 4 aromatic rings. The first-order valence-electron chi connectivity index (χ1n) is 8.80. The van der Waals surface area contributed by atoms with E-state index in [2.05, 4.69) is 5.32 Å². The molecule has 0 aliphatic rings. The van der Waals surface area contributed by atoms with Crippen molar-refractivity contribution in [2.24, 2.45) is 0 Å². The number of nitrogens with one attached hydrogen (secondary N) is 1. The lowest BCUT2D eigenvalue weighted by atomic mass is 10.1. The second kappa shape index (κ2) is 7.03. The highest BCUT2D eigenvalue weighted by atomic mass is 16.5. The zero-order valence-electron chi connectivity index (χ0n) is 15.3. The van der Waals surface area contributed by atoms with Crippen molar-refractivity contribution >= 4 is 11.5 Å². The molecule has 0 amide bonds. The first kappa shape index (κ1) is 17.0. The van der Waals surface area contributed by atoms with E-state index >= 15 is 0 Å². The number of nitrogens with zero attached hydrogens (tertiary/aromatic N) is 2. The molecule has 5 nitrogen and oxygen atoms in total. The Kier molecular flexibility index (Phi) is 4.42. The van der Waals surface area contributed by atoms with Crippen molar-refractivity contribution in [3.05, 3.63) is 78.0 Å². The summed E-state index contributed by atoms with van der Waals surface area (Å²) < 4.78 is 7.25. The number of benzene rings is 2. The van der Waals surface area contributed by atoms with Crippen molar-refractivity contribution in [2.75, 3.05) is 12.4 Å². The van der Waals surface area contributed by atoms with Crippen LogP contribution in [0.1, 0.15) is 11.1 Å². The summed E-state index contributed by atoms with van der Waals surface area (Å²) in [6.45, 7) is 2.66. The molecule has 0 spiro atoms. The van der Waals surface area contributed by atoms with Gasteiger partial charge >= 0.3 is 0 Å². The van der Waals surface area contributed by atoms with Crippen LogP contribution in [0, 0.1) is 6.92 Å². The van der Waals surface area contributed by atoms with Crippen LogP contribution in [0.2, 0.25) is 0 Å². The Morgan fingerprint density at radius 1 is 1.04 bits per heavy atom. The molecular weight excluding hydrogens is 338 g/mol. The molecule has 0 atom stereocenters. The van der Waals surface area contributed by atoms with Crippen molar-refractivity contribution in [3.8, 4) is 22.8 Å². The van der Waals surface area contributed by atoms with Gasteiger partial charge in [-0.2, -0.15) is 0 Å². The van der Waals surface area contributed by atoms with Crippen molar-refractivity contribution in [3.63, 3.8) is 0 Å². The highest BCUT2D eigenvalue weighted by Crippen LogP contribution is 2.35. The predicted octanol–water partition coefficient (Wildman–Crippen LogP) is 4.64. The number of hydrogen-bond acceptors (Lipinski definition) is 4. The summed E-state index contributed by atoms with van der Waals surface area (Å²) in [5.74, 6) is 1.90. The number of phenolic OH excluding ortho intramolecular Hbond substituents is 1. The minimum atomic E-state index is 0.214. The number of aryl methyl sites for hydroxylation is 1. The molecule has 0 fully saturated rings. The Morgan fingerprint density at radius 2 is 1.81 bits per heavy atom. The third kappa shape index (κ3) is 3.19. The maximum atomic E-state index is 10.3. The quantitative estimate of drug-likeness (QED) is 0.545. The van der Waals surface area contributed by atoms with E-state index in [4.69, 9.17) is 9.72 Å². The molecular formula is C22H21N3O2. The van der Waals surface area contributed by atoms with Gasteiger partial charge in [0.2, 0.25) is 0 Å². The summed E-state index contributed by atoms with van der Waals surface area (Å²) >= 11 is 0. The van der Waals surface area contributed by atoms with Gasteiger partial charge in [-0.3, -0.25) is 4.40 Å². The van der Waals surface area contributed by atoms with E-state index in [-0.39, 0.29) is 5.75 Å². The molecule has 4 rings (SSSR count). The van der Waals surface area contributed by atoms with E-state index in [0.717, 1.165) is 34.0 Å². The summed E-state index contributed by atoms with van der Waals surface area (Å²) in [6, 6.07) is 19.2. The number of phenols is 1. The number of fused-ring (bicyclic) bond motifs is 1. The topological polar surface area (TPSA) is 58.8 Å². The van der Waals surface area contributed by atoms with Crippen LogP contribution in [0.15, 0.2) is 66.9 Å². The Bertz CT molecular complexity index is 1080. The Morgan fingerprint density at radius 3 is 2.56 bits per heavy atom. The molecule has 0 radical (unpaired) electrons. The minimum absolute atomic E-state index is 0.214. The van der Waals surface area contributed by atoms with Crippen LogP contribution < -0.4 is 10.1 Å². The van der Waals surface area contributed by atoms with E-state index in [9.17, 15) is 5.11 Å². The van der Waals surface area contributed by atoms with Gasteiger partial charge in [0, 0.05) is 18.3 Å². The van der Waals surface area contributed by atoms with Crippen LogP contribution in [0.25, 0.3) is 16.9 Å². The van der Waals surface area contributed by atoms with Crippen LogP contribution in [0.4, 0.5) is 5.82 Å². The molecule has 5 heteroatoms. The number of rotatable bonds is 5. The molecule has 2 N–H and O–H groups in total. The van der Waals surface area contributed by atoms with Gasteiger partial charge in [0.05, 0.1) is 7.11 Å². The molecule has 0 bridgehead atoms. The van der Waals surface area contributed by atoms with Crippen LogP contribution in [0.5, 0.6) is 11.5 Å². The second-order valence-electron chi connectivity index (χ2n) is 6.41. The average molecular weight is 359 g/mol. The van der Waals surface area contributed by atoms with Gasteiger partial charge in [-0.1, -0.05) is 30.3 Å². The summed E-state index contributed by atoms with van der Waals surface area (Å²) in [7, 11) is 1.66. The lowest BCUT2D eigenvalue weighted by Gasteiger charge is -2.10. The maximum absolute atomic E-state index is 10.3. The number of anilines is 1. The fourth-order valence-corrected chi connectivity index (χ4v) is 3.16. The number of para-hydroxylation sites is 1. The fourth-order valence-electron chi connectivity index (χ4n) is 3.16. The predicted molar refractivity (Wildman–Crippen MR) is 107 cm³/mol. The summed E-state index contributed by atoms with van der Waals surface area (Å²) in [4.78, 5) is 4.80. The van der Waals surface area contributed by atoms with Gasteiger partial charge in [-0.05, 0) is 48.4 Å². The van der Waals surface area contributed by atoms with Gasteiger partial charge in [-0.15, -0.1) is 0 Å². The number of ether oxygens (including phenoxy) is 1. The van der Waals surface area contributed by atoms with Crippen LogP contribution in [-0.2, 0) is 6.54 Å². The van der Waals surface area contributed by atoms with E-state index in [1.165, 1.54) is 0 Å². The van der Waals surface area contributed by atoms with Crippen molar-refractivity contribution in [1.29, 1.82) is 0 Å². The van der Waals surface area contributed by atoms with E-state index < -0.39 is 0 Å². The Labute approximate surface area is 157 Å². The zero-order valence-corrected chi connectivity index (χ0v) is 15.3. The molecule has 0 aliphatic heterocycles. The van der Waals surface area contributed by atoms with E-state index in [1.807, 2.05) is 72.1 Å². The fraction of sp³-hybridized carbons (Fsp3) is 0.136. The normalized spacial score (nSPS) is 10.9. The van der Waals surface area contributed by atoms with E-state index in [0.29, 0.717) is 12.1 Å². The largest absolute Gasteiger partial charge is 0.507 e. The molecule has 136 valence electrons. The number of hydrogen-bond donors (Lipinski definition) is 2. The molecule has 27 heavy (non-hydrogen) atoms. The lowest BCUT2D eigenvalue weighted by Crippen LogP contribution is -2.03. The van der Waals surface area contributed by atoms with Crippen molar-refractivity contribution < 1.29 is 9.84 Å². The molecule has 0 saturated carbocycles. The number of aromatic hydroxyl groups is 1. The zero-order chi connectivity index (χ0) is 18.8. The lowest BCUT2D eigenvalue weighted by molar-refractivity contribution is 0.414. The average Bonchev–Trinajstić information content (AvgIpc) is 3.07. The minimum Gasteiger partial charge on any atom is -0.507 e. The molecule has 2 aromatic carbocycles. The van der Waals surface area contributed by atoms with Gasteiger partial charge < -0.3 is 15.2 Å². The van der Waals surface area contributed by atoms with Crippen LogP contribution in [0.3, 0.4) is 0 Å². The molecule has 2 aromatic heterocycles. The third-order valence-electron chi connectivity index (χ3n) is 4.62. The number of aromatic nitrogens is 2. The summed E-state index contributed by atoms with van der Waals surface area (Å²) in [5, 5.41) is 13.8. The highest BCUT2D eigenvalue weighted by molar-refractivity contribution is 5.80. The van der Waals surface area contributed by atoms with Gasteiger partial charge in [-0.25, -0.2) is 4.98 Å². The van der Waals surface area contributed by atoms with E-state index in [1.54, 1.807) is 13.2 Å². The number of pyridine rings is 1. The van der Waals surface area contributed by atoms with Crippen LogP contribution >= 0.6 is 0 Å². The number of imidazole rings is 1. The second-order valence-corrected chi connectivity index (χ2v) is 6.41.